The van der Waals surface area contributed by atoms with Gasteiger partial charge in [0, 0.05) is 19.2 Å². The maximum Gasteiger partial charge on any atom is 0.227 e. The number of benzene rings is 1. The number of aromatic hydroxyl groups is 1. The molecule has 1 aliphatic rings. The van der Waals surface area contributed by atoms with Crippen molar-refractivity contribution >= 4 is 11.6 Å². The zero-order valence-electron chi connectivity index (χ0n) is 12.1. The number of nitrogens with zero attached hydrogens (tertiary/aromatic N) is 1. The molecule has 0 radical (unpaired) electrons. The lowest BCUT2D eigenvalue weighted by molar-refractivity contribution is -0.121. The summed E-state index contributed by atoms with van der Waals surface area (Å²) in [5, 5.41) is 9.30. The van der Waals surface area contributed by atoms with Gasteiger partial charge >= 0.3 is 0 Å². The van der Waals surface area contributed by atoms with Crippen molar-refractivity contribution < 1.29 is 9.90 Å². The topological polar surface area (TPSA) is 66.6 Å². The molecule has 1 aromatic rings. The Balaban J connectivity index is 2.04. The highest BCUT2D eigenvalue weighted by Crippen LogP contribution is 2.39. The van der Waals surface area contributed by atoms with Gasteiger partial charge in [-0.25, -0.2) is 0 Å². The van der Waals surface area contributed by atoms with Gasteiger partial charge in [0.15, 0.2) is 0 Å². The van der Waals surface area contributed by atoms with Gasteiger partial charge in [0.1, 0.15) is 5.75 Å². The number of carbonyl (C=O) groups excluding carboxylic acids is 1. The van der Waals surface area contributed by atoms with Crippen LogP contribution in [0.1, 0.15) is 38.5 Å². The standard InChI is InChI=1S/C16H24N2O2/c1-18(13-5-7-14(19)8-6-13)15(20)11-16(12-17)9-3-2-4-10-16/h5-8,19H,2-4,9-12,17H2,1H3. The molecule has 110 valence electrons. The Morgan fingerprint density at radius 1 is 1.25 bits per heavy atom. The molecule has 1 fully saturated rings. The molecule has 0 atom stereocenters. The fraction of sp³-hybridized carbons (Fsp3) is 0.562. The number of rotatable bonds is 4. The Hall–Kier alpha value is -1.55. The number of phenolic OH excluding ortho intramolecular Hbond substituents is 1. The molecule has 0 saturated heterocycles. The third-order valence-electron chi connectivity index (χ3n) is 4.48. The van der Waals surface area contributed by atoms with Crippen molar-refractivity contribution in [1.29, 1.82) is 0 Å². The molecule has 0 aliphatic heterocycles. The predicted octanol–water partition coefficient (Wildman–Crippen LogP) is 2.65. The molecule has 4 nitrogen and oxygen atoms in total. The second-order valence-electron chi connectivity index (χ2n) is 5.91. The summed E-state index contributed by atoms with van der Waals surface area (Å²) in [5.41, 5.74) is 6.73. The van der Waals surface area contributed by atoms with Gasteiger partial charge in [-0.15, -0.1) is 0 Å². The summed E-state index contributed by atoms with van der Waals surface area (Å²) < 4.78 is 0. The Morgan fingerprint density at radius 3 is 2.40 bits per heavy atom. The first-order valence-electron chi connectivity index (χ1n) is 7.32. The molecular weight excluding hydrogens is 252 g/mol. The van der Waals surface area contributed by atoms with E-state index in [9.17, 15) is 9.90 Å². The van der Waals surface area contributed by atoms with Crippen LogP contribution in [0.3, 0.4) is 0 Å². The monoisotopic (exact) mass is 276 g/mol. The molecule has 0 heterocycles. The van der Waals surface area contributed by atoms with Crippen LogP contribution in [-0.2, 0) is 4.79 Å². The Kier molecular flexibility index (Phi) is 4.65. The molecule has 0 unspecified atom stereocenters. The van der Waals surface area contributed by atoms with E-state index < -0.39 is 0 Å². The lowest BCUT2D eigenvalue weighted by Crippen LogP contribution is -2.39. The average Bonchev–Trinajstić information content (AvgIpc) is 2.48. The van der Waals surface area contributed by atoms with Crippen molar-refractivity contribution in [3.8, 4) is 5.75 Å². The summed E-state index contributed by atoms with van der Waals surface area (Å²) in [5.74, 6) is 0.309. The maximum atomic E-state index is 12.5. The molecule has 0 bridgehead atoms. The van der Waals surface area contributed by atoms with E-state index in [1.165, 1.54) is 19.3 Å². The number of phenols is 1. The molecule has 4 heteroatoms. The Morgan fingerprint density at radius 2 is 1.85 bits per heavy atom. The van der Waals surface area contributed by atoms with Crippen LogP contribution in [0.15, 0.2) is 24.3 Å². The van der Waals surface area contributed by atoms with E-state index >= 15 is 0 Å². The van der Waals surface area contributed by atoms with Crippen molar-refractivity contribution in [3.05, 3.63) is 24.3 Å². The van der Waals surface area contributed by atoms with Gasteiger partial charge in [-0.3, -0.25) is 4.79 Å². The number of carbonyl (C=O) groups is 1. The fourth-order valence-corrected chi connectivity index (χ4v) is 3.01. The number of anilines is 1. The lowest BCUT2D eigenvalue weighted by atomic mass is 9.71. The molecule has 3 N–H and O–H groups in total. The van der Waals surface area contributed by atoms with E-state index in [4.69, 9.17) is 5.73 Å². The molecule has 1 aliphatic carbocycles. The second-order valence-corrected chi connectivity index (χ2v) is 5.91. The van der Waals surface area contributed by atoms with Gasteiger partial charge in [-0.1, -0.05) is 19.3 Å². The van der Waals surface area contributed by atoms with E-state index in [-0.39, 0.29) is 17.1 Å². The molecule has 20 heavy (non-hydrogen) atoms. The number of nitrogens with two attached hydrogens (primary N) is 1. The zero-order chi connectivity index (χ0) is 14.6. The van der Waals surface area contributed by atoms with Crippen molar-refractivity contribution in [2.24, 2.45) is 11.1 Å². The normalized spacial score (nSPS) is 17.7. The van der Waals surface area contributed by atoms with Crippen LogP contribution in [0.4, 0.5) is 5.69 Å². The van der Waals surface area contributed by atoms with Gasteiger partial charge in [0.05, 0.1) is 0 Å². The van der Waals surface area contributed by atoms with Gasteiger partial charge in [-0.2, -0.15) is 0 Å². The maximum absolute atomic E-state index is 12.5. The number of hydrogen-bond acceptors (Lipinski definition) is 3. The highest BCUT2D eigenvalue weighted by Gasteiger charge is 2.34. The Bertz CT molecular complexity index is 450. The largest absolute Gasteiger partial charge is 0.508 e. The molecule has 1 amide bonds. The molecule has 1 saturated carbocycles. The third-order valence-corrected chi connectivity index (χ3v) is 4.48. The van der Waals surface area contributed by atoms with Crippen molar-refractivity contribution in [2.75, 3.05) is 18.5 Å². The van der Waals surface area contributed by atoms with Crippen LogP contribution in [0.25, 0.3) is 0 Å². The van der Waals surface area contributed by atoms with E-state index in [0.717, 1.165) is 18.5 Å². The summed E-state index contributed by atoms with van der Waals surface area (Å²) in [6.45, 7) is 0.585. The molecule has 0 aromatic heterocycles. The van der Waals surface area contributed by atoms with Gasteiger partial charge in [0.2, 0.25) is 5.91 Å². The van der Waals surface area contributed by atoms with Gasteiger partial charge < -0.3 is 15.7 Å². The fourth-order valence-electron chi connectivity index (χ4n) is 3.01. The average molecular weight is 276 g/mol. The minimum atomic E-state index is -0.0134. The first-order valence-corrected chi connectivity index (χ1v) is 7.32. The van der Waals surface area contributed by atoms with Crippen molar-refractivity contribution in [1.82, 2.24) is 0 Å². The van der Waals surface area contributed by atoms with E-state index in [1.807, 2.05) is 0 Å². The smallest absolute Gasteiger partial charge is 0.227 e. The lowest BCUT2D eigenvalue weighted by Gasteiger charge is -2.36. The van der Waals surface area contributed by atoms with Crippen molar-refractivity contribution in [3.63, 3.8) is 0 Å². The zero-order valence-corrected chi connectivity index (χ0v) is 12.1. The minimum absolute atomic E-state index is 0.0134. The molecule has 0 spiro atoms. The van der Waals surface area contributed by atoms with E-state index in [2.05, 4.69) is 0 Å². The summed E-state index contributed by atoms with van der Waals surface area (Å²) in [7, 11) is 1.78. The van der Waals surface area contributed by atoms with Crippen LogP contribution >= 0.6 is 0 Å². The minimum Gasteiger partial charge on any atom is -0.508 e. The van der Waals surface area contributed by atoms with Crippen LogP contribution in [0.5, 0.6) is 5.75 Å². The predicted molar refractivity (Wildman–Crippen MR) is 80.7 cm³/mol. The first-order chi connectivity index (χ1) is 9.56. The Labute approximate surface area is 120 Å². The van der Waals surface area contributed by atoms with Crippen LogP contribution < -0.4 is 10.6 Å². The highest BCUT2D eigenvalue weighted by molar-refractivity contribution is 5.93. The third kappa shape index (κ3) is 3.31. The van der Waals surface area contributed by atoms with Gasteiger partial charge in [0.25, 0.3) is 0 Å². The molecule has 1 aromatic carbocycles. The number of amides is 1. The summed E-state index contributed by atoms with van der Waals surface area (Å²) in [6, 6.07) is 6.70. The summed E-state index contributed by atoms with van der Waals surface area (Å²) in [4.78, 5) is 14.1. The van der Waals surface area contributed by atoms with Gasteiger partial charge in [-0.05, 0) is 49.1 Å². The van der Waals surface area contributed by atoms with E-state index in [0.29, 0.717) is 13.0 Å². The SMILES string of the molecule is CN(C(=O)CC1(CN)CCCCC1)c1ccc(O)cc1. The summed E-state index contributed by atoms with van der Waals surface area (Å²) >= 11 is 0. The van der Waals surface area contributed by atoms with Crippen LogP contribution in [0, 0.1) is 5.41 Å². The highest BCUT2D eigenvalue weighted by atomic mass is 16.3. The second kappa shape index (κ2) is 6.27. The molecule has 2 rings (SSSR count). The van der Waals surface area contributed by atoms with E-state index in [1.54, 1.807) is 36.2 Å². The number of hydrogen-bond donors (Lipinski definition) is 2. The van der Waals surface area contributed by atoms with Crippen LogP contribution in [-0.4, -0.2) is 24.6 Å². The quantitative estimate of drug-likeness (QED) is 0.888. The summed E-state index contributed by atoms with van der Waals surface area (Å²) in [6.07, 6.45) is 6.22. The molecular formula is C16H24N2O2. The first kappa shape index (κ1) is 14.9. The van der Waals surface area contributed by atoms with Crippen molar-refractivity contribution in [2.45, 2.75) is 38.5 Å². The van der Waals surface area contributed by atoms with Crippen LogP contribution in [0.2, 0.25) is 0 Å².